The third-order valence-corrected chi connectivity index (χ3v) is 13.6. The van der Waals surface area contributed by atoms with Gasteiger partial charge in [-0.1, -0.05) is 88.0 Å². The van der Waals surface area contributed by atoms with Gasteiger partial charge in [-0.05, 0) is 68.5 Å². The number of hydrogen-bond donors (Lipinski definition) is 3. The maximum Gasteiger partial charge on any atom is 0.303 e. The first-order chi connectivity index (χ1) is 19.0. The summed E-state index contributed by atoms with van der Waals surface area (Å²) in [6.07, 6.45) is 5.21. The Labute approximate surface area is 242 Å². The van der Waals surface area contributed by atoms with Crippen LogP contribution in [0.2, 0.25) is 12.1 Å². The number of ether oxygens (including phenoxy) is 2. The van der Waals surface area contributed by atoms with Crippen molar-refractivity contribution in [2.45, 2.75) is 117 Å². The van der Waals surface area contributed by atoms with Gasteiger partial charge >= 0.3 is 5.97 Å². The fourth-order valence-corrected chi connectivity index (χ4v) is 10.7. The summed E-state index contributed by atoms with van der Waals surface area (Å²) < 4.78 is 12.0. The van der Waals surface area contributed by atoms with E-state index in [1.54, 1.807) is 0 Å². The fourth-order valence-electron chi connectivity index (χ4n) is 5.27. The second-order valence-corrected chi connectivity index (χ2v) is 15.7. The third kappa shape index (κ3) is 9.35. The summed E-state index contributed by atoms with van der Waals surface area (Å²) >= 11 is 0. The van der Waals surface area contributed by atoms with Crippen LogP contribution in [0.4, 0.5) is 0 Å². The zero-order valence-corrected chi connectivity index (χ0v) is 26.6. The van der Waals surface area contributed by atoms with Crippen LogP contribution < -0.4 is 19.8 Å². The Morgan fingerprint density at radius 3 is 1.80 bits per heavy atom. The van der Waals surface area contributed by atoms with Gasteiger partial charge in [0.1, 0.15) is 32.8 Å². The van der Waals surface area contributed by atoms with Crippen molar-refractivity contribution in [2.24, 2.45) is 0 Å². The highest BCUT2D eigenvalue weighted by molar-refractivity contribution is 7.02. The first-order valence-corrected chi connectivity index (χ1v) is 17.6. The van der Waals surface area contributed by atoms with E-state index in [9.17, 15) is 15.0 Å². The fraction of sp³-hybridized carbons (Fsp3) is 0.606. The number of carbonyl (C=O) groups is 1. The number of aryl methyl sites for hydroxylation is 2. The molecule has 0 aliphatic rings. The van der Waals surface area contributed by atoms with Gasteiger partial charge in [0.25, 0.3) is 0 Å². The second-order valence-electron chi connectivity index (χ2n) is 11.4. The lowest BCUT2D eigenvalue weighted by Crippen LogP contribution is -2.58. The van der Waals surface area contributed by atoms with E-state index < -0.39 is 25.7 Å². The van der Waals surface area contributed by atoms with E-state index in [-0.39, 0.29) is 19.4 Å². The van der Waals surface area contributed by atoms with E-state index in [2.05, 4.69) is 51.1 Å². The Hall–Kier alpha value is -2.35. The number of carboxylic acid groups (broad SMARTS) is 1. The van der Waals surface area contributed by atoms with E-state index in [0.29, 0.717) is 19.4 Å². The molecule has 7 heteroatoms. The molecule has 3 N–H and O–H groups in total. The van der Waals surface area contributed by atoms with Crippen molar-refractivity contribution >= 4 is 24.4 Å². The van der Waals surface area contributed by atoms with Gasteiger partial charge in [-0.15, -0.1) is 0 Å². The Balaban J connectivity index is 2.41. The molecule has 40 heavy (non-hydrogen) atoms. The van der Waals surface area contributed by atoms with Gasteiger partial charge in [-0.3, -0.25) is 4.79 Å². The Morgan fingerprint density at radius 1 is 0.875 bits per heavy atom. The predicted molar refractivity (Wildman–Crippen MR) is 166 cm³/mol. The van der Waals surface area contributed by atoms with Crippen LogP contribution >= 0.6 is 0 Å². The van der Waals surface area contributed by atoms with Crippen molar-refractivity contribution in [3.05, 3.63) is 47.5 Å². The van der Waals surface area contributed by atoms with E-state index in [0.717, 1.165) is 35.5 Å². The lowest BCUT2D eigenvalue weighted by molar-refractivity contribution is -0.137. The van der Waals surface area contributed by atoms with Crippen LogP contribution in [-0.2, 0) is 4.79 Å². The summed E-state index contributed by atoms with van der Waals surface area (Å²) in [7, 11) is -2.12. The average Bonchev–Trinajstić information content (AvgIpc) is 2.95. The first-order valence-electron chi connectivity index (χ1n) is 15.1. The van der Waals surface area contributed by atoms with Gasteiger partial charge in [0.05, 0.1) is 11.7 Å². The summed E-state index contributed by atoms with van der Waals surface area (Å²) in [6.45, 7) is 13.0. The molecule has 1 atom stereocenters. The molecule has 0 aromatic heterocycles. The van der Waals surface area contributed by atoms with Crippen molar-refractivity contribution in [1.82, 2.24) is 0 Å². The van der Waals surface area contributed by atoms with Crippen LogP contribution in [0.5, 0.6) is 11.5 Å². The molecule has 0 radical (unpaired) electrons. The lowest BCUT2D eigenvalue weighted by atomic mass is 9.99. The number of aliphatic hydroxyl groups excluding tert-OH is 1. The summed E-state index contributed by atoms with van der Waals surface area (Å²) in [5, 5.41) is 32.5. The Kier molecular flexibility index (Phi) is 13.7. The smallest absolute Gasteiger partial charge is 0.303 e. The molecule has 0 aliphatic carbocycles. The minimum absolute atomic E-state index is 0.0766. The van der Waals surface area contributed by atoms with Gasteiger partial charge in [0.15, 0.2) is 0 Å². The van der Waals surface area contributed by atoms with Crippen molar-refractivity contribution < 1.29 is 29.6 Å². The number of benzene rings is 2. The van der Waals surface area contributed by atoms with Gasteiger partial charge < -0.3 is 24.8 Å². The molecule has 2 rings (SSSR count). The summed E-state index contributed by atoms with van der Waals surface area (Å²) in [4.78, 5) is 10.8. The van der Waals surface area contributed by atoms with E-state index in [4.69, 9.17) is 14.6 Å². The molecule has 2 aromatic carbocycles. The molecule has 0 fully saturated rings. The number of rotatable bonds is 19. The van der Waals surface area contributed by atoms with Crippen LogP contribution in [0, 0.1) is 13.8 Å². The Morgan fingerprint density at radius 2 is 1.38 bits per heavy atom. The second kappa shape index (κ2) is 16.2. The highest BCUT2D eigenvalue weighted by Crippen LogP contribution is 2.28. The molecule has 0 bridgehead atoms. The van der Waals surface area contributed by atoms with Gasteiger partial charge in [0.2, 0.25) is 0 Å². The zero-order chi connectivity index (χ0) is 29.8. The topological polar surface area (TPSA) is 96.2 Å². The number of aliphatic hydroxyl groups is 2. The molecular weight excluding hydrogens is 520 g/mol. The predicted octanol–water partition coefficient (Wildman–Crippen LogP) is 6.00. The minimum atomic E-state index is -2.12. The van der Waals surface area contributed by atoms with Crippen molar-refractivity contribution in [1.29, 1.82) is 0 Å². The minimum Gasteiger partial charge on any atom is -0.491 e. The highest BCUT2D eigenvalue weighted by atomic mass is 28.3. The standard InChI is InChI=1S/C33H52O6Si/c1-7-11-19-40(20-12-8-2,29-15-17-31(26(6)22-29)39-24-33(37,9-3)10-4)28-14-16-30(25(5)21-28)38-23-27(34)13-18-32(35)36/h14-17,21-22,27,34,37H,7-13,18-20,23-24H2,1-6H3,(H,35,36)/t27-/m0/s1. The molecule has 0 unspecified atom stereocenters. The summed E-state index contributed by atoms with van der Waals surface area (Å²) in [6, 6.07) is 15.5. The number of hydrogen-bond acceptors (Lipinski definition) is 5. The Bertz CT molecular complexity index is 1060. The SMILES string of the molecule is CCCC[Si](CCCC)(c1ccc(OC[C@@H](O)CCC(=O)O)c(C)c1)c1ccc(OCC(O)(CC)CC)c(C)c1. The quantitative estimate of drug-likeness (QED) is 0.179. The van der Waals surface area contributed by atoms with E-state index in [1.165, 1.54) is 35.3 Å². The normalized spacial score (nSPS) is 12.8. The van der Waals surface area contributed by atoms with E-state index >= 15 is 0 Å². The first kappa shape index (κ1) is 33.9. The third-order valence-electron chi connectivity index (χ3n) is 8.30. The monoisotopic (exact) mass is 572 g/mol. The summed E-state index contributed by atoms with van der Waals surface area (Å²) in [5.41, 5.74) is 1.33. The summed E-state index contributed by atoms with van der Waals surface area (Å²) in [5.74, 6) is 0.643. The molecule has 0 saturated carbocycles. The molecule has 0 heterocycles. The molecule has 6 nitrogen and oxygen atoms in total. The van der Waals surface area contributed by atoms with Crippen LogP contribution in [0.1, 0.15) is 90.2 Å². The lowest BCUT2D eigenvalue weighted by Gasteiger charge is -2.34. The van der Waals surface area contributed by atoms with Crippen LogP contribution in [0.25, 0.3) is 0 Å². The van der Waals surface area contributed by atoms with Gasteiger partial charge in [0, 0.05) is 6.42 Å². The van der Waals surface area contributed by atoms with Crippen LogP contribution in [0.15, 0.2) is 36.4 Å². The number of unbranched alkanes of at least 4 members (excludes halogenated alkanes) is 2. The largest absolute Gasteiger partial charge is 0.491 e. The molecule has 0 amide bonds. The molecule has 2 aromatic rings. The van der Waals surface area contributed by atoms with Crippen LogP contribution in [-0.4, -0.2) is 54.3 Å². The molecule has 0 spiro atoms. The van der Waals surface area contributed by atoms with Gasteiger partial charge in [-0.2, -0.15) is 0 Å². The van der Waals surface area contributed by atoms with Crippen molar-refractivity contribution in [3.63, 3.8) is 0 Å². The number of carboxylic acids is 1. The molecule has 224 valence electrons. The molecule has 0 aliphatic heterocycles. The van der Waals surface area contributed by atoms with Gasteiger partial charge in [-0.25, -0.2) is 0 Å². The molecule has 0 saturated heterocycles. The van der Waals surface area contributed by atoms with Crippen molar-refractivity contribution in [3.8, 4) is 11.5 Å². The van der Waals surface area contributed by atoms with Crippen molar-refractivity contribution in [2.75, 3.05) is 13.2 Å². The number of aliphatic carboxylic acids is 1. The van der Waals surface area contributed by atoms with E-state index in [1.807, 2.05) is 26.8 Å². The highest BCUT2D eigenvalue weighted by Gasteiger charge is 2.37. The van der Waals surface area contributed by atoms with Crippen LogP contribution in [0.3, 0.4) is 0 Å². The average molecular weight is 573 g/mol. The molecular formula is C33H52O6Si. The maximum atomic E-state index is 10.8. The maximum absolute atomic E-state index is 10.8. The zero-order valence-electron chi connectivity index (χ0n) is 25.6.